The molecular formula is C28H27N3O3. The fraction of sp³-hybridized carbons (Fsp3) is 0.250. The Labute approximate surface area is 198 Å². The molecule has 2 heterocycles. The first-order valence-corrected chi connectivity index (χ1v) is 11.7. The van der Waals surface area contributed by atoms with Crippen molar-refractivity contribution in [3.8, 4) is 0 Å². The lowest BCUT2D eigenvalue weighted by atomic mass is 10.1. The maximum Gasteiger partial charge on any atom is 0.253 e. The highest BCUT2D eigenvalue weighted by atomic mass is 16.2. The van der Waals surface area contributed by atoms with Crippen molar-refractivity contribution in [2.75, 3.05) is 26.2 Å². The van der Waals surface area contributed by atoms with E-state index in [2.05, 4.69) is 6.92 Å². The molecule has 3 aromatic carbocycles. The van der Waals surface area contributed by atoms with Crippen molar-refractivity contribution in [2.24, 2.45) is 0 Å². The average molecular weight is 454 g/mol. The summed E-state index contributed by atoms with van der Waals surface area (Å²) in [6.45, 7) is 4.23. The number of hydrogen-bond acceptors (Lipinski definition) is 3. The second kappa shape index (κ2) is 9.14. The Morgan fingerprint density at radius 1 is 0.735 bits per heavy atom. The van der Waals surface area contributed by atoms with Crippen LogP contribution in [0.2, 0.25) is 0 Å². The van der Waals surface area contributed by atoms with E-state index in [-0.39, 0.29) is 23.8 Å². The molecule has 4 aromatic rings. The van der Waals surface area contributed by atoms with Crippen molar-refractivity contribution in [2.45, 2.75) is 19.9 Å². The van der Waals surface area contributed by atoms with Crippen LogP contribution in [0.1, 0.15) is 22.8 Å². The molecule has 1 aliphatic heterocycles. The van der Waals surface area contributed by atoms with Crippen molar-refractivity contribution >= 4 is 33.6 Å². The second-order valence-electron chi connectivity index (χ2n) is 8.67. The van der Waals surface area contributed by atoms with Gasteiger partial charge >= 0.3 is 0 Å². The summed E-state index contributed by atoms with van der Waals surface area (Å²) in [6.07, 6.45) is 0.940. The van der Waals surface area contributed by atoms with Gasteiger partial charge in [-0.1, -0.05) is 43.3 Å². The van der Waals surface area contributed by atoms with Gasteiger partial charge in [-0.25, -0.2) is 0 Å². The lowest BCUT2D eigenvalue weighted by Gasteiger charge is -2.35. The molecule has 172 valence electrons. The molecule has 1 aromatic heterocycles. The van der Waals surface area contributed by atoms with E-state index in [4.69, 9.17) is 0 Å². The molecule has 0 N–H and O–H groups in total. The lowest BCUT2D eigenvalue weighted by molar-refractivity contribution is -0.133. The van der Waals surface area contributed by atoms with Gasteiger partial charge in [-0.15, -0.1) is 0 Å². The number of aromatic nitrogens is 1. The SMILES string of the molecule is CCc1ccc(C(=O)N2CCN(C(=O)Cn3c4ccccc4c(=O)c4ccccc43)CC2)cc1. The number of hydrogen-bond donors (Lipinski definition) is 0. The van der Waals surface area contributed by atoms with E-state index in [0.29, 0.717) is 42.5 Å². The van der Waals surface area contributed by atoms with Crippen LogP contribution in [0.5, 0.6) is 0 Å². The van der Waals surface area contributed by atoms with Crippen LogP contribution in [-0.4, -0.2) is 52.4 Å². The number of piperazine rings is 1. The van der Waals surface area contributed by atoms with Gasteiger partial charge < -0.3 is 14.4 Å². The van der Waals surface area contributed by atoms with Crippen LogP contribution in [0.4, 0.5) is 0 Å². The number of benzene rings is 3. The van der Waals surface area contributed by atoms with Gasteiger partial charge in [0.05, 0.1) is 11.0 Å². The van der Waals surface area contributed by atoms with Gasteiger partial charge in [0, 0.05) is 42.5 Å². The van der Waals surface area contributed by atoms with Gasteiger partial charge in [0.2, 0.25) is 5.91 Å². The molecule has 1 aliphatic rings. The Hall–Kier alpha value is -3.93. The monoisotopic (exact) mass is 453 g/mol. The molecule has 34 heavy (non-hydrogen) atoms. The first kappa shape index (κ1) is 21.9. The summed E-state index contributed by atoms with van der Waals surface area (Å²) in [5.74, 6) is -0.00879. The molecule has 6 nitrogen and oxygen atoms in total. The number of carbonyl (C=O) groups excluding carboxylic acids is 2. The summed E-state index contributed by atoms with van der Waals surface area (Å²) in [5.41, 5.74) is 3.37. The minimum atomic E-state index is -0.0194. The van der Waals surface area contributed by atoms with Gasteiger partial charge in [0.25, 0.3) is 5.91 Å². The van der Waals surface area contributed by atoms with Crippen LogP contribution in [0.3, 0.4) is 0 Å². The van der Waals surface area contributed by atoms with E-state index in [1.165, 1.54) is 5.56 Å². The number of amides is 2. The third-order valence-electron chi connectivity index (χ3n) is 6.70. The Morgan fingerprint density at radius 2 is 1.26 bits per heavy atom. The first-order valence-electron chi connectivity index (χ1n) is 11.7. The van der Waals surface area contributed by atoms with Crippen LogP contribution < -0.4 is 5.43 Å². The summed E-state index contributed by atoms with van der Waals surface area (Å²) in [7, 11) is 0. The van der Waals surface area contributed by atoms with E-state index in [1.54, 1.807) is 0 Å². The van der Waals surface area contributed by atoms with E-state index >= 15 is 0 Å². The topological polar surface area (TPSA) is 62.6 Å². The molecule has 0 radical (unpaired) electrons. The molecule has 0 aliphatic carbocycles. The number of aryl methyl sites for hydroxylation is 1. The van der Waals surface area contributed by atoms with Gasteiger partial charge in [-0.05, 0) is 48.4 Å². The predicted molar refractivity (Wildman–Crippen MR) is 134 cm³/mol. The fourth-order valence-electron chi connectivity index (χ4n) is 4.71. The largest absolute Gasteiger partial charge is 0.338 e. The van der Waals surface area contributed by atoms with Crippen LogP contribution in [-0.2, 0) is 17.8 Å². The third kappa shape index (κ3) is 3.96. The van der Waals surface area contributed by atoms with E-state index in [1.807, 2.05) is 87.2 Å². The molecule has 0 saturated carbocycles. The third-order valence-corrected chi connectivity index (χ3v) is 6.70. The van der Waals surface area contributed by atoms with Gasteiger partial charge in [-0.2, -0.15) is 0 Å². The van der Waals surface area contributed by atoms with Crippen molar-refractivity contribution in [3.05, 3.63) is 94.1 Å². The normalized spacial score (nSPS) is 14.0. The molecular weight excluding hydrogens is 426 g/mol. The Kier molecular flexibility index (Phi) is 5.88. The average Bonchev–Trinajstić information content (AvgIpc) is 2.90. The highest BCUT2D eigenvalue weighted by Gasteiger charge is 2.25. The number of fused-ring (bicyclic) bond motifs is 2. The highest BCUT2D eigenvalue weighted by molar-refractivity contribution is 5.95. The van der Waals surface area contributed by atoms with Gasteiger partial charge in [-0.3, -0.25) is 14.4 Å². The predicted octanol–water partition coefficient (Wildman–Crippen LogP) is 3.70. The van der Waals surface area contributed by atoms with Crippen molar-refractivity contribution in [1.29, 1.82) is 0 Å². The quantitative estimate of drug-likeness (QED) is 0.443. The van der Waals surface area contributed by atoms with Crippen molar-refractivity contribution < 1.29 is 9.59 Å². The van der Waals surface area contributed by atoms with Crippen molar-refractivity contribution in [3.63, 3.8) is 0 Å². The Bertz CT molecular complexity index is 1370. The molecule has 1 fully saturated rings. The lowest BCUT2D eigenvalue weighted by Crippen LogP contribution is -2.51. The molecule has 2 amide bonds. The second-order valence-corrected chi connectivity index (χ2v) is 8.67. The smallest absolute Gasteiger partial charge is 0.253 e. The summed E-state index contributed by atoms with van der Waals surface area (Å²) in [4.78, 5) is 42.7. The van der Waals surface area contributed by atoms with Gasteiger partial charge in [0.15, 0.2) is 5.43 Å². The zero-order chi connectivity index (χ0) is 23.7. The molecule has 5 rings (SSSR count). The standard InChI is InChI=1S/C28H27N3O3/c1-2-20-11-13-21(14-12-20)28(34)30-17-15-29(16-18-30)26(32)19-31-24-9-5-3-7-22(24)27(33)23-8-4-6-10-25(23)31/h3-14H,2,15-19H2,1H3. The number of para-hydroxylation sites is 2. The number of pyridine rings is 1. The van der Waals surface area contributed by atoms with E-state index < -0.39 is 0 Å². The zero-order valence-corrected chi connectivity index (χ0v) is 19.2. The molecule has 0 unspecified atom stereocenters. The summed E-state index contributed by atoms with van der Waals surface area (Å²) in [5, 5.41) is 1.22. The zero-order valence-electron chi connectivity index (χ0n) is 19.2. The number of nitrogens with zero attached hydrogens (tertiary/aromatic N) is 3. The van der Waals surface area contributed by atoms with Gasteiger partial charge in [0.1, 0.15) is 6.54 Å². The molecule has 6 heteroatoms. The number of carbonyl (C=O) groups is 2. The maximum atomic E-state index is 13.3. The first-order chi connectivity index (χ1) is 16.6. The molecule has 0 atom stereocenters. The summed E-state index contributed by atoms with van der Waals surface area (Å²) < 4.78 is 1.93. The molecule has 0 spiro atoms. The van der Waals surface area contributed by atoms with E-state index in [9.17, 15) is 14.4 Å². The summed E-state index contributed by atoms with van der Waals surface area (Å²) in [6, 6.07) is 22.6. The minimum absolute atomic E-state index is 0.00662. The van der Waals surface area contributed by atoms with Crippen LogP contribution >= 0.6 is 0 Å². The minimum Gasteiger partial charge on any atom is -0.338 e. The van der Waals surface area contributed by atoms with E-state index in [0.717, 1.165) is 17.5 Å². The van der Waals surface area contributed by atoms with Crippen LogP contribution in [0, 0.1) is 0 Å². The highest BCUT2D eigenvalue weighted by Crippen LogP contribution is 2.20. The fourth-order valence-corrected chi connectivity index (χ4v) is 4.71. The maximum absolute atomic E-state index is 13.3. The van der Waals surface area contributed by atoms with Crippen LogP contribution in [0.25, 0.3) is 21.8 Å². The molecule has 1 saturated heterocycles. The van der Waals surface area contributed by atoms with Crippen LogP contribution in [0.15, 0.2) is 77.6 Å². The van der Waals surface area contributed by atoms with Crippen molar-refractivity contribution in [1.82, 2.24) is 14.4 Å². The summed E-state index contributed by atoms with van der Waals surface area (Å²) >= 11 is 0. The Balaban J connectivity index is 1.33. The number of rotatable bonds is 4. The molecule has 0 bridgehead atoms. The Morgan fingerprint density at radius 3 is 1.82 bits per heavy atom.